The molecule has 0 aliphatic heterocycles. The van der Waals surface area contributed by atoms with Crippen molar-refractivity contribution in [2.75, 3.05) is 0 Å². The summed E-state index contributed by atoms with van der Waals surface area (Å²) >= 11 is 0. The van der Waals surface area contributed by atoms with Gasteiger partial charge in [0.15, 0.2) is 0 Å². The fourth-order valence-corrected chi connectivity index (χ4v) is 1.48. The van der Waals surface area contributed by atoms with Crippen LogP contribution >= 0.6 is 0 Å². The monoisotopic (exact) mass is 208 g/mol. The van der Waals surface area contributed by atoms with Crippen LogP contribution in [0.3, 0.4) is 0 Å². The molecule has 0 fully saturated rings. The Balaban J connectivity index is 2.94. The van der Waals surface area contributed by atoms with Gasteiger partial charge >= 0.3 is 5.97 Å². The standard InChI is InChI=1S/C12H16O3/c1-3-4-10-5-11(8-13)7-12(6-10)15-9(2)14/h5-7,13H,3-4,8H2,1-2H3. The van der Waals surface area contributed by atoms with Crippen LogP contribution in [0.2, 0.25) is 0 Å². The Bertz CT molecular complexity index is 345. The second-order valence-corrected chi connectivity index (χ2v) is 3.49. The number of benzene rings is 1. The number of esters is 1. The highest BCUT2D eigenvalue weighted by molar-refractivity contribution is 5.69. The first kappa shape index (κ1) is 11.7. The summed E-state index contributed by atoms with van der Waals surface area (Å²) in [5.74, 6) is 0.171. The molecule has 3 heteroatoms. The molecule has 0 saturated heterocycles. The molecule has 1 aromatic rings. The minimum atomic E-state index is -0.340. The van der Waals surface area contributed by atoms with Crippen molar-refractivity contribution in [1.29, 1.82) is 0 Å². The zero-order chi connectivity index (χ0) is 11.3. The van der Waals surface area contributed by atoms with Crippen molar-refractivity contribution in [2.45, 2.75) is 33.3 Å². The van der Waals surface area contributed by atoms with Crippen molar-refractivity contribution in [3.05, 3.63) is 29.3 Å². The van der Waals surface area contributed by atoms with E-state index in [1.807, 2.05) is 12.1 Å². The van der Waals surface area contributed by atoms with Crippen molar-refractivity contribution in [2.24, 2.45) is 0 Å². The Hall–Kier alpha value is -1.35. The van der Waals surface area contributed by atoms with Gasteiger partial charge in [-0.2, -0.15) is 0 Å². The van der Waals surface area contributed by atoms with E-state index in [2.05, 4.69) is 6.92 Å². The van der Waals surface area contributed by atoms with E-state index in [0.717, 1.165) is 24.0 Å². The molecule has 0 amide bonds. The number of rotatable bonds is 4. The third-order valence-corrected chi connectivity index (χ3v) is 2.01. The average Bonchev–Trinajstić information content (AvgIpc) is 2.16. The van der Waals surface area contributed by atoms with Gasteiger partial charge in [-0.25, -0.2) is 0 Å². The van der Waals surface area contributed by atoms with Crippen molar-refractivity contribution >= 4 is 5.97 Å². The van der Waals surface area contributed by atoms with Crippen LogP contribution in [0.1, 0.15) is 31.4 Å². The van der Waals surface area contributed by atoms with Gasteiger partial charge in [0.25, 0.3) is 0 Å². The number of ether oxygens (including phenoxy) is 1. The summed E-state index contributed by atoms with van der Waals surface area (Å²) in [6, 6.07) is 5.45. The summed E-state index contributed by atoms with van der Waals surface area (Å²) < 4.78 is 4.99. The fourth-order valence-electron chi connectivity index (χ4n) is 1.48. The number of carbonyl (C=O) groups excluding carboxylic acids is 1. The van der Waals surface area contributed by atoms with Crippen LogP contribution in [-0.2, 0) is 17.8 Å². The molecular formula is C12H16O3. The lowest BCUT2D eigenvalue weighted by Crippen LogP contribution is -2.02. The third-order valence-electron chi connectivity index (χ3n) is 2.01. The maximum absolute atomic E-state index is 10.8. The predicted molar refractivity (Wildman–Crippen MR) is 57.7 cm³/mol. The molecule has 0 aliphatic rings. The van der Waals surface area contributed by atoms with Crippen LogP contribution in [0.15, 0.2) is 18.2 Å². The normalized spacial score (nSPS) is 10.1. The largest absolute Gasteiger partial charge is 0.427 e. The van der Waals surface area contributed by atoms with E-state index in [4.69, 9.17) is 9.84 Å². The smallest absolute Gasteiger partial charge is 0.308 e. The molecule has 0 heterocycles. The van der Waals surface area contributed by atoms with Crippen LogP contribution < -0.4 is 4.74 Å². The molecule has 15 heavy (non-hydrogen) atoms. The zero-order valence-electron chi connectivity index (χ0n) is 9.12. The number of aliphatic hydroxyl groups is 1. The topological polar surface area (TPSA) is 46.5 Å². The van der Waals surface area contributed by atoms with Gasteiger partial charge in [0.2, 0.25) is 0 Å². The molecule has 82 valence electrons. The summed E-state index contributed by atoms with van der Waals surface area (Å²) in [5, 5.41) is 9.05. The summed E-state index contributed by atoms with van der Waals surface area (Å²) in [4.78, 5) is 10.8. The van der Waals surface area contributed by atoms with Crippen LogP contribution in [0.25, 0.3) is 0 Å². The first-order chi connectivity index (χ1) is 7.15. The van der Waals surface area contributed by atoms with Gasteiger partial charge in [0.05, 0.1) is 6.61 Å². The van der Waals surface area contributed by atoms with Gasteiger partial charge in [-0.3, -0.25) is 4.79 Å². The van der Waals surface area contributed by atoms with Crippen molar-refractivity contribution in [3.63, 3.8) is 0 Å². The predicted octanol–water partition coefficient (Wildman–Crippen LogP) is 2.06. The lowest BCUT2D eigenvalue weighted by atomic mass is 10.1. The molecule has 0 atom stereocenters. The molecule has 0 spiro atoms. The van der Waals surface area contributed by atoms with E-state index in [1.165, 1.54) is 6.92 Å². The van der Waals surface area contributed by atoms with E-state index in [0.29, 0.717) is 5.75 Å². The zero-order valence-corrected chi connectivity index (χ0v) is 9.12. The minimum absolute atomic E-state index is 0.0359. The highest BCUT2D eigenvalue weighted by Crippen LogP contribution is 2.18. The lowest BCUT2D eigenvalue weighted by molar-refractivity contribution is -0.131. The Morgan fingerprint density at radius 2 is 2.00 bits per heavy atom. The molecule has 0 radical (unpaired) electrons. The van der Waals surface area contributed by atoms with Gasteiger partial charge in [-0.1, -0.05) is 19.4 Å². The minimum Gasteiger partial charge on any atom is -0.427 e. The first-order valence-electron chi connectivity index (χ1n) is 5.07. The highest BCUT2D eigenvalue weighted by atomic mass is 16.5. The maximum Gasteiger partial charge on any atom is 0.308 e. The molecule has 3 nitrogen and oxygen atoms in total. The van der Waals surface area contributed by atoms with Crippen LogP contribution in [0.5, 0.6) is 5.75 Å². The van der Waals surface area contributed by atoms with Crippen molar-refractivity contribution in [3.8, 4) is 5.75 Å². The van der Waals surface area contributed by atoms with E-state index >= 15 is 0 Å². The highest BCUT2D eigenvalue weighted by Gasteiger charge is 2.03. The van der Waals surface area contributed by atoms with Crippen LogP contribution in [-0.4, -0.2) is 11.1 Å². The quantitative estimate of drug-likeness (QED) is 0.608. The molecule has 0 aliphatic carbocycles. The van der Waals surface area contributed by atoms with E-state index in [9.17, 15) is 4.79 Å². The first-order valence-corrected chi connectivity index (χ1v) is 5.07. The van der Waals surface area contributed by atoms with Crippen LogP contribution in [0, 0.1) is 0 Å². The van der Waals surface area contributed by atoms with Gasteiger partial charge < -0.3 is 9.84 Å². The van der Waals surface area contributed by atoms with Crippen molar-refractivity contribution < 1.29 is 14.6 Å². The maximum atomic E-state index is 10.8. The van der Waals surface area contributed by atoms with E-state index in [-0.39, 0.29) is 12.6 Å². The molecule has 1 rings (SSSR count). The second kappa shape index (κ2) is 5.51. The molecule has 1 N–H and O–H groups in total. The third kappa shape index (κ3) is 3.72. The van der Waals surface area contributed by atoms with E-state index < -0.39 is 0 Å². The molecule has 0 saturated carbocycles. The lowest BCUT2D eigenvalue weighted by Gasteiger charge is -2.07. The SMILES string of the molecule is CCCc1cc(CO)cc(OC(C)=O)c1. The van der Waals surface area contributed by atoms with Gasteiger partial charge in [-0.15, -0.1) is 0 Å². The summed E-state index contributed by atoms with van der Waals surface area (Å²) in [6.45, 7) is 3.41. The fraction of sp³-hybridized carbons (Fsp3) is 0.417. The Labute approximate surface area is 89.7 Å². The number of hydrogen-bond donors (Lipinski definition) is 1. The second-order valence-electron chi connectivity index (χ2n) is 3.49. The Morgan fingerprint density at radius 1 is 1.33 bits per heavy atom. The van der Waals surface area contributed by atoms with E-state index in [1.54, 1.807) is 6.07 Å². The van der Waals surface area contributed by atoms with Crippen LogP contribution in [0.4, 0.5) is 0 Å². The Morgan fingerprint density at radius 3 is 2.53 bits per heavy atom. The molecule has 1 aromatic carbocycles. The molecule has 0 unspecified atom stereocenters. The molecular weight excluding hydrogens is 192 g/mol. The number of aryl methyl sites for hydroxylation is 1. The number of carbonyl (C=O) groups is 1. The number of hydrogen-bond acceptors (Lipinski definition) is 3. The van der Waals surface area contributed by atoms with Gasteiger partial charge in [-0.05, 0) is 29.7 Å². The summed E-state index contributed by atoms with van der Waals surface area (Å²) in [7, 11) is 0. The molecule has 0 aromatic heterocycles. The van der Waals surface area contributed by atoms with Gasteiger partial charge in [0.1, 0.15) is 5.75 Å². The summed E-state index contributed by atoms with van der Waals surface area (Å²) in [5.41, 5.74) is 1.86. The average molecular weight is 208 g/mol. The Kier molecular flexibility index (Phi) is 4.31. The van der Waals surface area contributed by atoms with Gasteiger partial charge in [0, 0.05) is 6.92 Å². The summed E-state index contributed by atoms with van der Waals surface area (Å²) in [6.07, 6.45) is 1.94. The molecule has 0 bridgehead atoms. The number of aliphatic hydroxyl groups excluding tert-OH is 1. The van der Waals surface area contributed by atoms with Crippen molar-refractivity contribution in [1.82, 2.24) is 0 Å².